The van der Waals surface area contributed by atoms with Crippen molar-refractivity contribution in [2.24, 2.45) is 0 Å². The number of rotatable bonds is 3. The van der Waals surface area contributed by atoms with E-state index in [-0.39, 0.29) is 5.28 Å². The topological polar surface area (TPSA) is 75.3 Å². The monoisotopic (exact) mass is 256 g/mol. The van der Waals surface area contributed by atoms with Crippen LogP contribution in [0, 0.1) is 0 Å². The van der Waals surface area contributed by atoms with E-state index >= 15 is 0 Å². The van der Waals surface area contributed by atoms with Crippen LogP contribution in [0.5, 0.6) is 0 Å². The van der Waals surface area contributed by atoms with Crippen LogP contribution in [0.15, 0.2) is 6.20 Å². The molecule has 0 unspecified atom stereocenters. The van der Waals surface area contributed by atoms with Gasteiger partial charge in [0.1, 0.15) is 0 Å². The largest absolute Gasteiger partial charge is 0.394 e. The lowest BCUT2D eigenvalue weighted by Gasteiger charge is -2.29. The van der Waals surface area contributed by atoms with Crippen molar-refractivity contribution in [2.45, 2.75) is 31.3 Å². The second-order valence-corrected chi connectivity index (χ2v) is 5.04. The fraction of sp³-hybridized carbons (Fsp3) is 0.636. The highest BCUT2D eigenvalue weighted by Crippen LogP contribution is 2.31. The normalized spacial score (nSPS) is 18.3. The molecule has 1 heterocycles. The minimum absolute atomic E-state index is 0.166. The van der Waals surface area contributed by atoms with Gasteiger partial charge in [0, 0.05) is 13.6 Å². The Kier molecular flexibility index (Phi) is 3.40. The van der Waals surface area contributed by atoms with E-state index in [9.17, 15) is 5.11 Å². The highest BCUT2D eigenvalue weighted by Gasteiger charge is 2.32. The predicted octanol–water partition coefficient (Wildman–Crippen LogP) is 1.45. The van der Waals surface area contributed by atoms with Crippen LogP contribution >= 0.6 is 11.6 Å². The fourth-order valence-electron chi connectivity index (χ4n) is 2.37. The van der Waals surface area contributed by atoms with Crippen LogP contribution in [0.3, 0.4) is 0 Å². The van der Waals surface area contributed by atoms with Crippen molar-refractivity contribution in [3.63, 3.8) is 0 Å². The minimum atomic E-state index is -0.626. The first-order valence-electron chi connectivity index (χ1n) is 5.72. The highest BCUT2D eigenvalue weighted by molar-refractivity contribution is 6.28. The smallest absolute Gasteiger partial charge is 0.224 e. The number of hydrogen-bond acceptors (Lipinski definition) is 5. The molecule has 1 aromatic rings. The SMILES string of the molecule is CN(CC1(O)CCCC1)c1nc(Cl)ncc1N. The molecule has 6 heteroatoms. The van der Waals surface area contributed by atoms with E-state index in [1.165, 1.54) is 6.20 Å². The van der Waals surface area contributed by atoms with Crippen LogP contribution in [0.2, 0.25) is 5.28 Å². The number of aromatic nitrogens is 2. The summed E-state index contributed by atoms with van der Waals surface area (Å²) in [5, 5.41) is 10.5. The Labute approximate surface area is 106 Å². The number of aliphatic hydroxyl groups is 1. The Morgan fingerprint density at radius 3 is 2.82 bits per heavy atom. The summed E-state index contributed by atoms with van der Waals surface area (Å²) in [5.74, 6) is 0.574. The fourth-order valence-corrected chi connectivity index (χ4v) is 2.50. The van der Waals surface area contributed by atoms with E-state index < -0.39 is 5.60 Å². The van der Waals surface area contributed by atoms with Crippen LogP contribution in [0.1, 0.15) is 25.7 Å². The summed E-state index contributed by atoms with van der Waals surface area (Å²) in [7, 11) is 1.85. The van der Waals surface area contributed by atoms with E-state index in [1.54, 1.807) is 0 Å². The Bertz CT molecular complexity index is 406. The number of likely N-dealkylation sites (N-methyl/N-ethyl adjacent to an activating group) is 1. The molecule has 1 aromatic heterocycles. The molecular weight excluding hydrogens is 240 g/mol. The summed E-state index contributed by atoms with van der Waals surface area (Å²) < 4.78 is 0. The van der Waals surface area contributed by atoms with E-state index in [0.717, 1.165) is 25.7 Å². The van der Waals surface area contributed by atoms with Crippen molar-refractivity contribution in [2.75, 3.05) is 24.2 Å². The Morgan fingerprint density at radius 2 is 2.18 bits per heavy atom. The number of anilines is 2. The number of nitrogen functional groups attached to an aromatic ring is 1. The molecule has 2 rings (SSSR count). The molecule has 0 radical (unpaired) electrons. The van der Waals surface area contributed by atoms with Gasteiger partial charge in [-0.3, -0.25) is 0 Å². The van der Waals surface area contributed by atoms with Gasteiger partial charge in [-0.1, -0.05) is 12.8 Å². The molecule has 0 aliphatic heterocycles. The Morgan fingerprint density at radius 1 is 1.53 bits per heavy atom. The van der Waals surface area contributed by atoms with Gasteiger partial charge in [-0.2, -0.15) is 4.98 Å². The summed E-state index contributed by atoms with van der Waals surface area (Å²) in [6, 6.07) is 0. The van der Waals surface area contributed by atoms with Crippen molar-refractivity contribution in [1.82, 2.24) is 9.97 Å². The second kappa shape index (κ2) is 4.66. The summed E-state index contributed by atoms with van der Waals surface area (Å²) in [6.45, 7) is 0.518. The maximum absolute atomic E-state index is 10.3. The molecule has 0 aromatic carbocycles. The van der Waals surface area contributed by atoms with Gasteiger partial charge >= 0.3 is 0 Å². The van der Waals surface area contributed by atoms with E-state index in [4.69, 9.17) is 17.3 Å². The lowest BCUT2D eigenvalue weighted by Crippen LogP contribution is -2.39. The molecule has 0 bridgehead atoms. The van der Waals surface area contributed by atoms with Gasteiger partial charge in [-0.25, -0.2) is 4.98 Å². The number of nitrogens with two attached hydrogens (primary N) is 1. The molecule has 0 saturated heterocycles. The quantitative estimate of drug-likeness (QED) is 0.801. The first-order valence-corrected chi connectivity index (χ1v) is 6.09. The predicted molar refractivity (Wildman–Crippen MR) is 68.1 cm³/mol. The summed E-state index contributed by atoms with van der Waals surface area (Å²) in [5.41, 5.74) is 5.65. The van der Waals surface area contributed by atoms with Gasteiger partial charge in [0.05, 0.1) is 17.5 Å². The number of hydrogen-bond donors (Lipinski definition) is 2. The highest BCUT2D eigenvalue weighted by atomic mass is 35.5. The Hall–Kier alpha value is -1.07. The maximum Gasteiger partial charge on any atom is 0.224 e. The van der Waals surface area contributed by atoms with Crippen LogP contribution in [0.25, 0.3) is 0 Å². The average Bonchev–Trinajstić information content (AvgIpc) is 2.68. The van der Waals surface area contributed by atoms with Crippen molar-refractivity contribution in [3.05, 3.63) is 11.5 Å². The maximum atomic E-state index is 10.3. The van der Waals surface area contributed by atoms with Gasteiger partial charge < -0.3 is 15.7 Å². The van der Waals surface area contributed by atoms with Gasteiger partial charge in [0.25, 0.3) is 0 Å². The summed E-state index contributed by atoms with van der Waals surface area (Å²) >= 11 is 5.75. The van der Waals surface area contributed by atoms with Crippen molar-refractivity contribution in [1.29, 1.82) is 0 Å². The molecule has 0 atom stereocenters. The zero-order valence-corrected chi connectivity index (χ0v) is 10.6. The second-order valence-electron chi connectivity index (χ2n) is 4.71. The van der Waals surface area contributed by atoms with E-state index in [1.807, 2.05) is 11.9 Å². The molecule has 0 amide bonds. The van der Waals surface area contributed by atoms with Gasteiger partial charge in [0.15, 0.2) is 5.82 Å². The molecule has 0 spiro atoms. The van der Waals surface area contributed by atoms with Gasteiger partial charge in [-0.15, -0.1) is 0 Å². The van der Waals surface area contributed by atoms with Crippen molar-refractivity contribution >= 4 is 23.1 Å². The van der Waals surface area contributed by atoms with Crippen LogP contribution in [-0.4, -0.2) is 34.3 Å². The molecule has 1 aliphatic rings. The van der Waals surface area contributed by atoms with Crippen molar-refractivity contribution in [3.8, 4) is 0 Å². The molecular formula is C11H17ClN4O. The number of nitrogens with zero attached hydrogens (tertiary/aromatic N) is 3. The first kappa shape index (κ1) is 12.4. The molecule has 1 fully saturated rings. The van der Waals surface area contributed by atoms with Crippen LogP contribution in [-0.2, 0) is 0 Å². The summed E-state index contributed by atoms with van der Waals surface area (Å²) in [6.07, 6.45) is 5.29. The minimum Gasteiger partial charge on any atom is -0.394 e. The Balaban J connectivity index is 2.13. The average molecular weight is 257 g/mol. The van der Waals surface area contributed by atoms with Gasteiger partial charge in [0.2, 0.25) is 5.28 Å². The first-order chi connectivity index (χ1) is 8.00. The summed E-state index contributed by atoms with van der Waals surface area (Å²) in [4.78, 5) is 9.74. The van der Waals surface area contributed by atoms with E-state index in [2.05, 4.69) is 9.97 Å². The van der Waals surface area contributed by atoms with Crippen LogP contribution in [0.4, 0.5) is 11.5 Å². The molecule has 94 valence electrons. The molecule has 3 N–H and O–H groups in total. The lowest BCUT2D eigenvalue weighted by molar-refractivity contribution is 0.0558. The van der Waals surface area contributed by atoms with Crippen molar-refractivity contribution < 1.29 is 5.11 Å². The zero-order chi connectivity index (χ0) is 12.5. The molecule has 1 saturated carbocycles. The zero-order valence-electron chi connectivity index (χ0n) is 9.86. The standard InChI is InChI=1S/C11H17ClN4O/c1-16(7-11(17)4-2-3-5-11)9-8(13)6-14-10(12)15-9/h6,17H,2-5,7,13H2,1H3. The lowest BCUT2D eigenvalue weighted by atomic mass is 10.0. The molecule has 5 nitrogen and oxygen atoms in total. The van der Waals surface area contributed by atoms with E-state index in [0.29, 0.717) is 18.1 Å². The van der Waals surface area contributed by atoms with Crippen LogP contribution < -0.4 is 10.6 Å². The third-order valence-corrected chi connectivity index (χ3v) is 3.38. The molecule has 1 aliphatic carbocycles. The number of halogens is 1. The molecule has 17 heavy (non-hydrogen) atoms. The third kappa shape index (κ3) is 2.79. The van der Waals surface area contributed by atoms with Gasteiger partial charge in [-0.05, 0) is 24.4 Å². The third-order valence-electron chi connectivity index (χ3n) is 3.19.